The van der Waals surface area contributed by atoms with Crippen LogP contribution in [0.3, 0.4) is 0 Å². The van der Waals surface area contributed by atoms with Crippen molar-refractivity contribution >= 4 is 22.6 Å². The largest absolute Gasteiger partial charge is 0.192 e. The lowest BCUT2D eigenvalue weighted by molar-refractivity contribution is 1.47. The van der Waals surface area contributed by atoms with Crippen LogP contribution in [0.25, 0.3) is 22.3 Å². The van der Waals surface area contributed by atoms with Crippen molar-refractivity contribution in [2.24, 2.45) is 0 Å². The zero-order valence-corrected chi connectivity index (χ0v) is 13.4. The van der Waals surface area contributed by atoms with E-state index in [0.717, 1.165) is 22.3 Å². The molecule has 0 saturated heterocycles. The van der Waals surface area contributed by atoms with Crippen LogP contribution < -0.4 is 0 Å². The molecule has 0 amide bonds. The fraction of sp³-hybridized carbons (Fsp3) is 0. The molecule has 0 saturated carbocycles. The van der Waals surface area contributed by atoms with Gasteiger partial charge < -0.3 is 0 Å². The number of benzene rings is 3. The molecule has 2 heteroatoms. The second kappa shape index (κ2) is 6.11. The number of hydrogen-bond donors (Lipinski definition) is 0. The zero-order valence-electron chi connectivity index (χ0n) is 11.3. The van der Waals surface area contributed by atoms with Gasteiger partial charge in [-0.25, -0.2) is 0 Å². The highest BCUT2D eigenvalue weighted by atomic mass is 127. The van der Waals surface area contributed by atoms with Crippen molar-refractivity contribution in [1.29, 1.82) is 5.26 Å². The zero-order chi connectivity index (χ0) is 14.7. The molecule has 0 aliphatic heterocycles. The smallest absolute Gasteiger partial charge is 0.0992 e. The number of halogens is 1. The molecule has 1 nitrogen and oxygen atoms in total. The Morgan fingerprint density at radius 1 is 0.667 bits per heavy atom. The Morgan fingerprint density at radius 3 is 2.00 bits per heavy atom. The molecule has 0 unspecified atom stereocenters. The van der Waals surface area contributed by atoms with Crippen LogP contribution in [0.2, 0.25) is 0 Å². The van der Waals surface area contributed by atoms with Gasteiger partial charge in [-0.2, -0.15) is 5.26 Å². The molecule has 0 fully saturated rings. The highest BCUT2D eigenvalue weighted by molar-refractivity contribution is 14.1. The highest BCUT2D eigenvalue weighted by Crippen LogP contribution is 2.28. The van der Waals surface area contributed by atoms with Crippen LogP contribution in [0, 0.1) is 14.9 Å². The lowest BCUT2D eigenvalue weighted by Crippen LogP contribution is -1.85. The van der Waals surface area contributed by atoms with Gasteiger partial charge in [-0.1, -0.05) is 42.5 Å². The molecular formula is C19H12IN. The van der Waals surface area contributed by atoms with E-state index in [9.17, 15) is 5.26 Å². The Kier molecular flexibility index (Phi) is 4.03. The lowest BCUT2D eigenvalue weighted by atomic mass is 9.96. The first kappa shape index (κ1) is 13.8. The molecule has 21 heavy (non-hydrogen) atoms. The summed E-state index contributed by atoms with van der Waals surface area (Å²) in [6.45, 7) is 0. The van der Waals surface area contributed by atoms with E-state index in [0.29, 0.717) is 5.56 Å². The average Bonchev–Trinajstić information content (AvgIpc) is 2.55. The Bertz CT molecular complexity index is 816. The predicted octanol–water partition coefficient (Wildman–Crippen LogP) is 5.50. The highest BCUT2D eigenvalue weighted by Gasteiger charge is 2.05. The van der Waals surface area contributed by atoms with E-state index in [1.54, 1.807) is 0 Å². The van der Waals surface area contributed by atoms with Crippen molar-refractivity contribution in [3.8, 4) is 28.3 Å². The van der Waals surface area contributed by atoms with Crippen LogP contribution in [0.5, 0.6) is 0 Å². The van der Waals surface area contributed by atoms with Crippen molar-refractivity contribution in [2.45, 2.75) is 0 Å². The minimum atomic E-state index is 0.685. The van der Waals surface area contributed by atoms with E-state index < -0.39 is 0 Å². The number of nitriles is 1. The topological polar surface area (TPSA) is 23.8 Å². The molecule has 0 heterocycles. The first-order valence-electron chi connectivity index (χ1n) is 6.63. The fourth-order valence-electron chi connectivity index (χ4n) is 2.32. The van der Waals surface area contributed by atoms with E-state index in [1.807, 2.05) is 36.4 Å². The summed E-state index contributed by atoms with van der Waals surface area (Å²) in [5, 5.41) is 9.28. The van der Waals surface area contributed by atoms with Crippen LogP contribution in [-0.4, -0.2) is 0 Å². The van der Waals surface area contributed by atoms with Crippen molar-refractivity contribution in [3.63, 3.8) is 0 Å². The summed E-state index contributed by atoms with van der Waals surface area (Å²) in [5.74, 6) is 0. The SMILES string of the molecule is N#Cc1cc(-c2ccccc2)cc(-c2cccc(I)c2)c1. The third-order valence-corrected chi connectivity index (χ3v) is 4.00. The molecule has 0 aromatic heterocycles. The molecule has 0 N–H and O–H groups in total. The van der Waals surface area contributed by atoms with Gasteiger partial charge in [0.15, 0.2) is 0 Å². The number of hydrogen-bond acceptors (Lipinski definition) is 1. The Hall–Kier alpha value is -2.12. The Morgan fingerprint density at radius 2 is 1.33 bits per heavy atom. The third kappa shape index (κ3) is 3.14. The summed E-state index contributed by atoms with van der Waals surface area (Å²) >= 11 is 2.31. The van der Waals surface area contributed by atoms with Gasteiger partial charge in [-0.3, -0.25) is 0 Å². The van der Waals surface area contributed by atoms with E-state index in [-0.39, 0.29) is 0 Å². The minimum Gasteiger partial charge on any atom is -0.192 e. The van der Waals surface area contributed by atoms with Crippen molar-refractivity contribution in [3.05, 3.63) is 81.9 Å². The maximum atomic E-state index is 9.28. The molecule has 0 aliphatic carbocycles. The van der Waals surface area contributed by atoms with Gasteiger partial charge in [0.1, 0.15) is 0 Å². The molecule has 0 spiro atoms. The maximum Gasteiger partial charge on any atom is 0.0992 e. The van der Waals surface area contributed by atoms with Gasteiger partial charge in [0, 0.05) is 3.57 Å². The molecule has 0 bridgehead atoms. The second-order valence-electron chi connectivity index (χ2n) is 4.79. The monoisotopic (exact) mass is 381 g/mol. The van der Waals surface area contributed by atoms with E-state index >= 15 is 0 Å². The van der Waals surface area contributed by atoms with Crippen LogP contribution in [-0.2, 0) is 0 Å². The molecule has 0 aliphatic rings. The van der Waals surface area contributed by atoms with E-state index in [4.69, 9.17) is 0 Å². The van der Waals surface area contributed by atoms with Crippen LogP contribution in [0.4, 0.5) is 0 Å². The molecule has 0 radical (unpaired) electrons. The summed E-state index contributed by atoms with van der Waals surface area (Å²) in [7, 11) is 0. The molecule has 3 rings (SSSR count). The Balaban J connectivity index is 2.17. The van der Waals surface area contributed by atoms with Gasteiger partial charge >= 0.3 is 0 Å². The first-order chi connectivity index (χ1) is 10.3. The molecule has 3 aromatic rings. The van der Waals surface area contributed by atoms with Gasteiger partial charge in [0.25, 0.3) is 0 Å². The molecule has 100 valence electrons. The van der Waals surface area contributed by atoms with E-state index in [1.165, 1.54) is 3.57 Å². The normalized spacial score (nSPS) is 10.1. The van der Waals surface area contributed by atoms with Crippen molar-refractivity contribution in [2.75, 3.05) is 0 Å². The van der Waals surface area contributed by atoms with Gasteiger partial charge in [-0.15, -0.1) is 0 Å². The first-order valence-corrected chi connectivity index (χ1v) is 7.71. The maximum absolute atomic E-state index is 9.28. The summed E-state index contributed by atoms with van der Waals surface area (Å²) in [6, 6.07) is 26.7. The van der Waals surface area contributed by atoms with Gasteiger partial charge in [0.05, 0.1) is 11.6 Å². The lowest BCUT2D eigenvalue weighted by Gasteiger charge is -2.08. The number of rotatable bonds is 2. The third-order valence-electron chi connectivity index (χ3n) is 3.33. The van der Waals surface area contributed by atoms with Gasteiger partial charge in [-0.05, 0) is 75.2 Å². The van der Waals surface area contributed by atoms with Gasteiger partial charge in [0.2, 0.25) is 0 Å². The van der Waals surface area contributed by atoms with Crippen LogP contribution in [0.15, 0.2) is 72.8 Å². The predicted molar refractivity (Wildman–Crippen MR) is 94.7 cm³/mol. The average molecular weight is 381 g/mol. The van der Waals surface area contributed by atoms with E-state index in [2.05, 4.69) is 65.1 Å². The summed E-state index contributed by atoms with van der Waals surface area (Å²) in [6.07, 6.45) is 0. The Labute approximate surface area is 138 Å². The second-order valence-corrected chi connectivity index (χ2v) is 6.03. The number of nitrogens with zero attached hydrogens (tertiary/aromatic N) is 1. The van der Waals surface area contributed by atoms with Crippen molar-refractivity contribution < 1.29 is 0 Å². The molecule has 0 atom stereocenters. The fourth-order valence-corrected chi connectivity index (χ4v) is 2.87. The minimum absolute atomic E-state index is 0.685. The molecule has 3 aromatic carbocycles. The van der Waals surface area contributed by atoms with Crippen LogP contribution >= 0.6 is 22.6 Å². The summed E-state index contributed by atoms with van der Waals surface area (Å²) < 4.78 is 1.19. The molecular weight excluding hydrogens is 369 g/mol. The standard InChI is InChI=1S/C19H12IN/c20-19-8-4-7-16(12-19)18-10-14(13-21)9-17(11-18)15-5-2-1-3-6-15/h1-12H. The summed E-state index contributed by atoms with van der Waals surface area (Å²) in [5.41, 5.74) is 5.10. The van der Waals surface area contributed by atoms with Crippen molar-refractivity contribution in [1.82, 2.24) is 0 Å². The van der Waals surface area contributed by atoms with Crippen LogP contribution in [0.1, 0.15) is 5.56 Å². The quantitative estimate of drug-likeness (QED) is 0.538. The summed E-state index contributed by atoms with van der Waals surface area (Å²) in [4.78, 5) is 0.